The molecule has 0 bridgehead atoms. The van der Waals surface area contributed by atoms with Crippen LogP contribution >= 0.6 is 15.9 Å². The molecule has 0 aromatic carbocycles. The maximum atomic E-state index is 13.0. The maximum Gasteiger partial charge on any atom is 0.247 e. The molecular weight excluding hydrogens is 354 g/mol. The summed E-state index contributed by atoms with van der Waals surface area (Å²) in [5, 5.41) is 3.04. The van der Waals surface area contributed by atoms with Gasteiger partial charge in [0.05, 0.1) is 0 Å². The molecule has 1 atom stereocenters. The zero-order chi connectivity index (χ0) is 15.6. The quantitative estimate of drug-likeness (QED) is 0.858. The van der Waals surface area contributed by atoms with Gasteiger partial charge in [0, 0.05) is 29.8 Å². The van der Waals surface area contributed by atoms with Crippen molar-refractivity contribution in [3.05, 3.63) is 16.7 Å². The summed E-state index contributed by atoms with van der Waals surface area (Å²) in [6.07, 6.45) is 3.45. The van der Waals surface area contributed by atoms with Crippen LogP contribution < -0.4 is 5.32 Å². The van der Waals surface area contributed by atoms with Gasteiger partial charge in [-0.05, 0) is 47.7 Å². The van der Waals surface area contributed by atoms with Gasteiger partial charge in [-0.25, -0.2) is 13.4 Å². The van der Waals surface area contributed by atoms with E-state index in [1.807, 2.05) is 6.92 Å². The number of rotatable bonds is 5. The zero-order valence-electron chi connectivity index (χ0n) is 12.6. The van der Waals surface area contributed by atoms with Crippen LogP contribution in [0, 0.1) is 5.92 Å². The largest absolute Gasteiger partial charge is 0.369 e. The number of hydrogen-bond acceptors (Lipinski definition) is 4. The third-order valence-corrected chi connectivity index (χ3v) is 6.14. The summed E-state index contributed by atoms with van der Waals surface area (Å²) in [4.78, 5) is 4.47. The van der Waals surface area contributed by atoms with Gasteiger partial charge in [-0.2, -0.15) is 4.31 Å². The molecule has 5 nitrogen and oxygen atoms in total. The maximum absolute atomic E-state index is 13.0. The molecule has 2 heterocycles. The lowest BCUT2D eigenvalue weighted by atomic mass is 10.0. The first-order chi connectivity index (χ1) is 9.87. The second-order valence-electron chi connectivity index (χ2n) is 5.60. The van der Waals surface area contributed by atoms with Gasteiger partial charge in [0.25, 0.3) is 0 Å². The number of sulfonamides is 1. The molecule has 1 aliphatic heterocycles. The minimum Gasteiger partial charge on any atom is -0.369 e. The molecule has 21 heavy (non-hydrogen) atoms. The Hall–Kier alpha value is -0.660. The summed E-state index contributed by atoms with van der Waals surface area (Å²) >= 11 is 3.32. The Labute approximate surface area is 135 Å². The number of pyridine rings is 1. The molecular formula is C14H22BrN3O2S. The number of halogens is 1. The lowest BCUT2D eigenvalue weighted by Crippen LogP contribution is -2.38. The summed E-state index contributed by atoms with van der Waals surface area (Å²) < 4.78 is 28.4. The SMILES string of the molecule is CCNc1ncc(Br)cc1S(=O)(=O)N1CCCC1C(C)C. The van der Waals surface area contributed by atoms with E-state index in [9.17, 15) is 8.42 Å². The highest BCUT2D eigenvalue weighted by Gasteiger charge is 2.38. The fraction of sp³-hybridized carbons (Fsp3) is 0.643. The molecule has 1 fully saturated rings. The molecule has 1 aromatic heterocycles. The van der Waals surface area contributed by atoms with E-state index in [0.717, 1.165) is 12.8 Å². The normalized spacial score (nSPS) is 20.1. The van der Waals surface area contributed by atoms with E-state index in [2.05, 4.69) is 40.1 Å². The standard InChI is InChI=1S/C14H22BrN3O2S/c1-4-16-14-13(8-11(15)9-17-14)21(19,20)18-7-5-6-12(18)10(2)3/h8-10,12H,4-7H2,1-3H3,(H,16,17). The Balaban J connectivity index is 2.46. The van der Waals surface area contributed by atoms with Gasteiger partial charge in [0.1, 0.15) is 10.7 Å². The van der Waals surface area contributed by atoms with E-state index in [4.69, 9.17) is 0 Å². The molecule has 0 spiro atoms. The van der Waals surface area contributed by atoms with E-state index < -0.39 is 10.0 Å². The summed E-state index contributed by atoms with van der Waals surface area (Å²) in [7, 11) is -3.53. The average Bonchev–Trinajstić information content (AvgIpc) is 2.91. The van der Waals surface area contributed by atoms with Gasteiger partial charge in [0.15, 0.2) is 0 Å². The van der Waals surface area contributed by atoms with Crippen molar-refractivity contribution < 1.29 is 8.42 Å². The van der Waals surface area contributed by atoms with E-state index >= 15 is 0 Å². The van der Waals surface area contributed by atoms with Crippen LogP contribution in [-0.4, -0.2) is 36.8 Å². The van der Waals surface area contributed by atoms with Gasteiger partial charge >= 0.3 is 0 Å². The highest BCUT2D eigenvalue weighted by molar-refractivity contribution is 9.10. The van der Waals surface area contributed by atoms with Crippen LogP contribution in [0.2, 0.25) is 0 Å². The number of nitrogens with zero attached hydrogens (tertiary/aromatic N) is 2. The molecule has 1 N–H and O–H groups in total. The molecule has 7 heteroatoms. The number of aromatic nitrogens is 1. The Morgan fingerprint density at radius 3 is 2.86 bits per heavy atom. The van der Waals surface area contributed by atoms with Crippen molar-refractivity contribution in [2.24, 2.45) is 5.92 Å². The van der Waals surface area contributed by atoms with Crippen molar-refractivity contribution in [2.75, 3.05) is 18.4 Å². The van der Waals surface area contributed by atoms with E-state index in [1.165, 1.54) is 0 Å². The molecule has 0 radical (unpaired) electrons. The molecule has 0 amide bonds. The van der Waals surface area contributed by atoms with Crippen molar-refractivity contribution >= 4 is 31.8 Å². The molecule has 0 saturated carbocycles. The van der Waals surface area contributed by atoms with Crippen LogP contribution in [0.3, 0.4) is 0 Å². The second-order valence-corrected chi connectivity index (χ2v) is 8.37. The van der Waals surface area contributed by atoms with Gasteiger partial charge in [0.2, 0.25) is 10.0 Å². The second kappa shape index (κ2) is 6.62. The fourth-order valence-corrected chi connectivity index (χ4v) is 5.23. The third kappa shape index (κ3) is 3.40. The monoisotopic (exact) mass is 375 g/mol. The van der Waals surface area contributed by atoms with Crippen LogP contribution in [0.5, 0.6) is 0 Å². The van der Waals surface area contributed by atoms with Crippen LogP contribution in [0.25, 0.3) is 0 Å². The first-order valence-corrected chi connectivity index (χ1v) is 9.52. The highest BCUT2D eigenvalue weighted by atomic mass is 79.9. The average molecular weight is 376 g/mol. The molecule has 1 saturated heterocycles. The van der Waals surface area contributed by atoms with Crippen LogP contribution in [0.4, 0.5) is 5.82 Å². The molecule has 1 unspecified atom stereocenters. The minimum absolute atomic E-state index is 0.0726. The number of hydrogen-bond donors (Lipinski definition) is 1. The molecule has 2 rings (SSSR count). The van der Waals surface area contributed by atoms with E-state index in [1.54, 1.807) is 16.6 Å². The van der Waals surface area contributed by atoms with Crippen molar-refractivity contribution in [3.8, 4) is 0 Å². The van der Waals surface area contributed by atoms with Gasteiger partial charge < -0.3 is 5.32 Å². The predicted molar refractivity (Wildman–Crippen MR) is 87.9 cm³/mol. The van der Waals surface area contributed by atoms with Gasteiger partial charge in [-0.3, -0.25) is 0 Å². The Bertz CT molecular complexity index is 604. The highest BCUT2D eigenvalue weighted by Crippen LogP contribution is 2.33. The summed E-state index contributed by atoms with van der Waals surface area (Å²) in [6.45, 7) is 7.28. The van der Waals surface area contributed by atoms with Crippen LogP contribution in [-0.2, 0) is 10.0 Å². The lowest BCUT2D eigenvalue weighted by Gasteiger charge is -2.27. The van der Waals surface area contributed by atoms with Gasteiger partial charge in [-0.1, -0.05) is 13.8 Å². The third-order valence-electron chi connectivity index (χ3n) is 3.77. The first-order valence-electron chi connectivity index (χ1n) is 7.29. The van der Waals surface area contributed by atoms with Crippen LogP contribution in [0.1, 0.15) is 33.6 Å². The number of anilines is 1. The van der Waals surface area contributed by atoms with E-state index in [-0.39, 0.29) is 10.9 Å². The topological polar surface area (TPSA) is 62.3 Å². The van der Waals surface area contributed by atoms with Gasteiger partial charge in [-0.15, -0.1) is 0 Å². The summed E-state index contributed by atoms with van der Waals surface area (Å²) in [6, 6.07) is 1.71. The fourth-order valence-electron chi connectivity index (χ4n) is 2.77. The van der Waals surface area contributed by atoms with Crippen molar-refractivity contribution in [2.45, 2.75) is 44.6 Å². The van der Waals surface area contributed by atoms with Crippen molar-refractivity contribution in [3.63, 3.8) is 0 Å². The molecule has 0 aliphatic carbocycles. The van der Waals surface area contributed by atoms with Crippen LogP contribution in [0.15, 0.2) is 21.6 Å². The molecule has 118 valence electrons. The minimum atomic E-state index is -3.53. The first kappa shape index (κ1) is 16.7. The van der Waals surface area contributed by atoms with E-state index in [0.29, 0.717) is 29.3 Å². The van der Waals surface area contributed by atoms with Crippen molar-refractivity contribution in [1.29, 1.82) is 0 Å². The Kier molecular flexibility index (Phi) is 5.27. The molecule has 1 aromatic rings. The Morgan fingerprint density at radius 1 is 1.52 bits per heavy atom. The molecule has 1 aliphatic rings. The summed E-state index contributed by atoms with van der Waals surface area (Å²) in [5.41, 5.74) is 0. The Morgan fingerprint density at radius 2 is 2.24 bits per heavy atom. The summed E-state index contributed by atoms with van der Waals surface area (Å²) in [5.74, 6) is 0.736. The predicted octanol–water partition coefficient (Wildman–Crippen LogP) is 3.09. The smallest absolute Gasteiger partial charge is 0.247 e. The lowest BCUT2D eigenvalue weighted by molar-refractivity contribution is 0.316. The van der Waals surface area contributed by atoms with Crippen molar-refractivity contribution in [1.82, 2.24) is 9.29 Å². The zero-order valence-corrected chi connectivity index (χ0v) is 15.0. The number of nitrogens with one attached hydrogen (secondary N) is 1.